The topological polar surface area (TPSA) is 30.5 Å². The van der Waals surface area contributed by atoms with E-state index in [0.717, 1.165) is 24.7 Å². The molecule has 0 bridgehead atoms. The minimum Gasteiger partial charge on any atom is -0.376 e. The number of hydrogen-bond donors (Lipinski definition) is 1. The standard InChI is InChI=1S/C10H14ClNO2S/c11-8-3-10(15-7-8)5-12-4-9-6-13-1-2-14-9/h3,7,9,12H,1-2,4-6H2. The Hall–Kier alpha value is -0.130. The monoisotopic (exact) mass is 247 g/mol. The number of hydrogen-bond acceptors (Lipinski definition) is 4. The van der Waals surface area contributed by atoms with Crippen LogP contribution in [0.4, 0.5) is 0 Å². The number of halogens is 1. The summed E-state index contributed by atoms with van der Waals surface area (Å²) in [5.74, 6) is 0. The molecule has 1 N–H and O–H groups in total. The van der Waals surface area contributed by atoms with Gasteiger partial charge in [-0.2, -0.15) is 0 Å². The maximum absolute atomic E-state index is 5.83. The molecule has 1 fully saturated rings. The second-order valence-electron chi connectivity index (χ2n) is 3.43. The number of nitrogens with one attached hydrogen (secondary N) is 1. The molecule has 0 saturated carbocycles. The molecule has 1 aliphatic rings. The van der Waals surface area contributed by atoms with Gasteiger partial charge >= 0.3 is 0 Å². The zero-order valence-corrected chi connectivity index (χ0v) is 9.94. The maximum Gasteiger partial charge on any atom is 0.0933 e. The number of rotatable bonds is 4. The third kappa shape index (κ3) is 3.74. The first-order valence-corrected chi connectivity index (χ1v) is 6.23. The fourth-order valence-electron chi connectivity index (χ4n) is 1.46. The largest absolute Gasteiger partial charge is 0.376 e. The van der Waals surface area contributed by atoms with Crippen molar-refractivity contribution in [1.29, 1.82) is 0 Å². The molecule has 1 aliphatic heterocycles. The molecule has 0 spiro atoms. The molecule has 0 aliphatic carbocycles. The Balaban J connectivity index is 1.65. The van der Waals surface area contributed by atoms with Crippen molar-refractivity contribution in [2.75, 3.05) is 26.4 Å². The van der Waals surface area contributed by atoms with E-state index in [1.165, 1.54) is 4.88 Å². The molecule has 3 nitrogen and oxygen atoms in total. The SMILES string of the molecule is Clc1csc(CNCC2COCCO2)c1. The Labute approximate surface area is 98.3 Å². The fraction of sp³-hybridized carbons (Fsp3) is 0.600. The third-order valence-corrected chi connectivity index (χ3v) is 3.46. The lowest BCUT2D eigenvalue weighted by molar-refractivity contribution is -0.0864. The molecule has 0 aromatic carbocycles. The molecule has 1 aromatic heterocycles. The van der Waals surface area contributed by atoms with Crippen LogP contribution in [0, 0.1) is 0 Å². The van der Waals surface area contributed by atoms with Gasteiger partial charge in [-0.05, 0) is 6.07 Å². The van der Waals surface area contributed by atoms with Gasteiger partial charge in [0.2, 0.25) is 0 Å². The van der Waals surface area contributed by atoms with Crippen LogP contribution in [0.1, 0.15) is 4.88 Å². The summed E-state index contributed by atoms with van der Waals surface area (Å²) >= 11 is 7.50. The van der Waals surface area contributed by atoms with Crippen LogP contribution < -0.4 is 5.32 Å². The summed E-state index contributed by atoms with van der Waals surface area (Å²) in [4.78, 5) is 1.25. The highest BCUT2D eigenvalue weighted by Gasteiger charge is 2.13. The molecular weight excluding hydrogens is 234 g/mol. The van der Waals surface area contributed by atoms with E-state index in [2.05, 4.69) is 5.32 Å². The Kier molecular flexibility index (Phi) is 4.41. The summed E-state index contributed by atoms with van der Waals surface area (Å²) in [5, 5.41) is 6.09. The van der Waals surface area contributed by atoms with E-state index in [1.807, 2.05) is 11.4 Å². The predicted octanol–water partition coefficient (Wildman–Crippen LogP) is 1.91. The lowest BCUT2D eigenvalue weighted by Gasteiger charge is -2.22. The molecule has 0 amide bonds. The highest BCUT2D eigenvalue weighted by molar-refractivity contribution is 7.10. The normalized spacial score (nSPS) is 21.8. The van der Waals surface area contributed by atoms with Crippen molar-refractivity contribution in [3.63, 3.8) is 0 Å². The zero-order chi connectivity index (χ0) is 10.5. The molecule has 1 unspecified atom stereocenters. The molecule has 2 heterocycles. The van der Waals surface area contributed by atoms with Crippen LogP contribution in [0.3, 0.4) is 0 Å². The molecule has 15 heavy (non-hydrogen) atoms. The van der Waals surface area contributed by atoms with E-state index in [9.17, 15) is 0 Å². The summed E-state index contributed by atoms with van der Waals surface area (Å²) < 4.78 is 10.8. The van der Waals surface area contributed by atoms with Crippen LogP contribution >= 0.6 is 22.9 Å². The quantitative estimate of drug-likeness (QED) is 0.882. The molecule has 1 atom stereocenters. The van der Waals surface area contributed by atoms with Gasteiger partial charge in [-0.3, -0.25) is 0 Å². The Morgan fingerprint density at radius 3 is 3.13 bits per heavy atom. The van der Waals surface area contributed by atoms with Crippen molar-refractivity contribution in [1.82, 2.24) is 5.32 Å². The van der Waals surface area contributed by atoms with E-state index >= 15 is 0 Å². The van der Waals surface area contributed by atoms with E-state index in [-0.39, 0.29) is 6.10 Å². The van der Waals surface area contributed by atoms with E-state index < -0.39 is 0 Å². The summed E-state index contributed by atoms with van der Waals surface area (Å²) in [5.41, 5.74) is 0. The third-order valence-electron chi connectivity index (χ3n) is 2.18. The molecule has 1 saturated heterocycles. The Morgan fingerprint density at radius 1 is 1.53 bits per heavy atom. The molecule has 84 valence electrons. The minimum absolute atomic E-state index is 0.189. The minimum atomic E-state index is 0.189. The predicted molar refractivity (Wildman–Crippen MR) is 61.6 cm³/mol. The fourth-order valence-corrected chi connectivity index (χ4v) is 2.50. The summed E-state index contributed by atoms with van der Waals surface area (Å²) in [6.07, 6.45) is 0.189. The van der Waals surface area contributed by atoms with Crippen molar-refractivity contribution >= 4 is 22.9 Å². The van der Waals surface area contributed by atoms with Crippen LogP contribution in [0.25, 0.3) is 0 Å². The molecule has 1 aromatic rings. The molecule has 5 heteroatoms. The summed E-state index contributed by atoms with van der Waals surface area (Å²) in [6.45, 7) is 3.79. The van der Waals surface area contributed by atoms with Gasteiger partial charge in [0.05, 0.1) is 30.9 Å². The van der Waals surface area contributed by atoms with Gasteiger partial charge in [-0.1, -0.05) is 11.6 Å². The van der Waals surface area contributed by atoms with Gasteiger partial charge in [-0.15, -0.1) is 11.3 Å². The van der Waals surface area contributed by atoms with Crippen LogP contribution in [-0.2, 0) is 16.0 Å². The summed E-state index contributed by atoms with van der Waals surface area (Å²) in [7, 11) is 0. The second kappa shape index (κ2) is 5.82. The molecule has 2 rings (SSSR count). The lowest BCUT2D eigenvalue weighted by Crippen LogP contribution is -2.37. The van der Waals surface area contributed by atoms with Gasteiger partial charge in [-0.25, -0.2) is 0 Å². The molecule has 0 radical (unpaired) electrons. The van der Waals surface area contributed by atoms with Gasteiger partial charge < -0.3 is 14.8 Å². The van der Waals surface area contributed by atoms with Crippen molar-refractivity contribution in [3.05, 3.63) is 21.3 Å². The highest BCUT2D eigenvalue weighted by Crippen LogP contribution is 2.18. The Bertz CT molecular complexity index is 299. The van der Waals surface area contributed by atoms with Gasteiger partial charge in [0.25, 0.3) is 0 Å². The second-order valence-corrected chi connectivity index (χ2v) is 4.86. The van der Waals surface area contributed by atoms with Crippen molar-refractivity contribution in [2.45, 2.75) is 12.6 Å². The molecular formula is C10H14ClNO2S. The van der Waals surface area contributed by atoms with Crippen molar-refractivity contribution in [2.24, 2.45) is 0 Å². The lowest BCUT2D eigenvalue weighted by atomic mass is 10.3. The maximum atomic E-state index is 5.83. The van der Waals surface area contributed by atoms with E-state index in [0.29, 0.717) is 13.2 Å². The average Bonchev–Trinajstić information content (AvgIpc) is 2.66. The zero-order valence-electron chi connectivity index (χ0n) is 8.37. The first-order valence-electron chi connectivity index (χ1n) is 4.97. The highest BCUT2D eigenvalue weighted by atomic mass is 35.5. The first kappa shape index (κ1) is 11.4. The number of ether oxygens (including phenoxy) is 2. The van der Waals surface area contributed by atoms with Crippen LogP contribution in [0.15, 0.2) is 11.4 Å². The smallest absolute Gasteiger partial charge is 0.0933 e. The van der Waals surface area contributed by atoms with E-state index in [1.54, 1.807) is 11.3 Å². The average molecular weight is 248 g/mol. The van der Waals surface area contributed by atoms with Gasteiger partial charge in [0.1, 0.15) is 0 Å². The number of thiophene rings is 1. The Morgan fingerprint density at radius 2 is 2.47 bits per heavy atom. The summed E-state index contributed by atoms with van der Waals surface area (Å²) in [6, 6.07) is 1.98. The van der Waals surface area contributed by atoms with Crippen LogP contribution in [0.2, 0.25) is 5.02 Å². The van der Waals surface area contributed by atoms with E-state index in [4.69, 9.17) is 21.1 Å². The van der Waals surface area contributed by atoms with Gasteiger partial charge in [0.15, 0.2) is 0 Å². The van der Waals surface area contributed by atoms with Crippen LogP contribution in [0.5, 0.6) is 0 Å². The first-order chi connectivity index (χ1) is 7.34. The van der Waals surface area contributed by atoms with Gasteiger partial charge in [0, 0.05) is 23.3 Å². The van der Waals surface area contributed by atoms with Crippen LogP contribution in [-0.4, -0.2) is 32.5 Å². The van der Waals surface area contributed by atoms with Crippen molar-refractivity contribution in [3.8, 4) is 0 Å². The van der Waals surface area contributed by atoms with Crippen molar-refractivity contribution < 1.29 is 9.47 Å².